The minimum absolute atomic E-state index is 0.0473. The number of ether oxygens (including phenoxy) is 2. The molecule has 0 unspecified atom stereocenters. The number of benzene rings is 1. The molecule has 7 nitrogen and oxygen atoms in total. The maximum Gasteiger partial charge on any atom is 0.338 e. The predicted octanol–water partition coefficient (Wildman–Crippen LogP) is 0.961. The third kappa shape index (κ3) is 4.45. The first-order chi connectivity index (χ1) is 11.0. The quantitative estimate of drug-likeness (QED) is 0.830. The fraction of sp³-hybridized carbons (Fsp3) is 0.438. The third-order valence-corrected chi connectivity index (χ3v) is 3.81. The van der Waals surface area contributed by atoms with Gasteiger partial charge < -0.3 is 19.5 Å². The van der Waals surface area contributed by atoms with Crippen LogP contribution in [0.3, 0.4) is 0 Å². The van der Waals surface area contributed by atoms with Gasteiger partial charge in [-0.05, 0) is 37.1 Å². The molecule has 124 valence electrons. The maximum absolute atomic E-state index is 12.0. The average Bonchev–Trinajstić information content (AvgIpc) is 2.59. The van der Waals surface area contributed by atoms with Gasteiger partial charge in [0.05, 0.1) is 18.6 Å². The first-order valence-electron chi connectivity index (χ1n) is 7.33. The van der Waals surface area contributed by atoms with Gasteiger partial charge >= 0.3 is 11.9 Å². The number of carbonyl (C=O) groups excluding carboxylic acids is 3. The van der Waals surface area contributed by atoms with E-state index in [-0.39, 0.29) is 35.7 Å². The molecular formula is C16H19NO6. The van der Waals surface area contributed by atoms with Crippen molar-refractivity contribution in [2.75, 3.05) is 26.8 Å². The lowest BCUT2D eigenvalue weighted by Crippen LogP contribution is -2.42. The number of methoxy groups -OCH3 is 1. The number of rotatable bonds is 4. The van der Waals surface area contributed by atoms with Gasteiger partial charge in [-0.25, -0.2) is 4.79 Å². The van der Waals surface area contributed by atoms with Crippen LogP contribution in [0.5, 0.6) is 5.75 Å². The number of likely N-dealkylation sites (tertiary alicyclic amines) is 1. The summed E-state index contributed by atoms with van der Waals surface area (Å²) in [7, 11) is 1.35. The fourth-order valence-electron chi connectivity index (χ4n) is 2.43. The zero-order valence-electron chi connectivity index (χ0n) is 12.9. The second kappa shape index (κ2) is 7.62. The molecule has 1 saturated heterocycles. The summed E-state index contributed by atoms with van der Waals surface area (Å²) in [6.45, 7) is 0.535. The van der Waals surface area contributed by atoms with Gasteiger partial charge in [0.25, 0.3) is 5.91 Å². The van der Waals surface area contributed by atoms with Crippen LogP contribution in [0.2, 0.25) is 0 Å². The Balaban J connectivity index is 1.78. The predicted molar refractivity (Wildman–Crippen MR) is 79.7 cm³/mol. The summed E-state index contributed by atoms with van der Waals surface area (Å²) in [5, 5.41) is 9.16. The summed E-state index contributed by atoms with van der Waals surface area (Å²) in [6.07, 6.45) is 1.09. The lowest BCUT2D eigenvalue weighted by atomic mass is 9.97. The molecule has 1 aromatic carbocycles. The van der Waals surface area contributed by atoms with Gasteiger partial charge in [0.1, 0.15) is 5.75 Å². The Morgan fingerprint density at radius 3 is 2.35 bits per heavy atom. The molecule has 1 amide bonds. The van der Waals surface area contributed by atoms with E-state index in [2.05, 4.69) is 0 Å². The van der Waals surface area contributed by atoms with E-state index >= 15 is 0 Å². The summed E-state index contributed by atoms with van der Waals surface area (Å²) in [6, 6.07) is 5.58. The molecule has 2 rings (SSSR count). The molecule has 1 aliphatic rings. The fourth-order valence-corrected chi connectivity index (χ4v) is 2.43. The van der Waals surface area contributed by atoms with Crippen molar-refractivity contribution in [2.45, 2.75) is 12.8 Å². The molecule has 0 saturated carbocycles. The average molecular weight is 321 g/mol. The largest absolute Gasteiger partial charge is 0.508 e. The van der Waals surface area contributed by atoms with Gasteiger partial charge in [-0.15, -0.1) is 0 Å². The Labute approximate surface area is 133 Å². The zero-order chi connectivity index (χ0) is 16.8. The van der Waals surface area contributed by atoms with Gasteiger partial charge in [-0.3, -0.25) is 9.59 Å². The molecule has 1 fully saturated rings. The maximum atomic E-state index is 12.0. The normalized spacial score (nSPS) is 15.1. The Morgan fingerprint density at radius 1 is 1.17 bits per heavy atom. The number of phenolic OH excluding ortho intramolecular Hbond substituents is 1. The summed E-state index contributed by atoms with van der Waals surface area (Å²) < 4.78 is 9.67. The second-order valence-electron chi connectivity index (χ2n) is 5.30. The van der Waals surface area contributed by atoms with Crippen LogP contribution in [-0.2, 0) is 19.1 Å². The van der Waals surface area contributed by atoms with E-state index in [0.717, 1.165) is 0 Å². The Kier molecular flexibility index (Phi) is 5.56. The molecular weight excluding hydrogens is 302 g/mol. The van der Waals surface area contributed by atoms with Gasteiger partial charge in [-0.1, -0.05) is 0 Å². The molecule has 1 aromatic rings. The third-order valence-electron chi connectivity index (χ3n) is 3.81. The molecule has 1 heterocycles. The molecule has 0 atom stereocenters. The highest BCUT2D eigenvalue weighted by molar-refractivity contribution is 5.91. The van der Waals surface area contributed by atoms with E-state index in [0.29, 0.717) is 25.9 Å². The number of hydrogen-bond acceptors (Lipinski definition) is 6. The zero-order valence-corrected chi connectivity index (χ0v) is 12.9. The molecule has 0 bridgehead atoms. The lowest BCUT2D eigenvalue weighted by Gasteiger charge is -2.30. The Hall–Kier alpha value is -2.57. The number of aromatic hydroxyl groups is 1. The summed E-state index contributed by atoms with van der Waals surface area (Å²) in [5.41, 5.74) is 0.264. The van der Waals surface area contributed by atoms with E-state index < -0.39 is 5.97 Å². The number of esters is 2. The van der Waals surface area contributed by atoms with E-state index in [1.165, 1.54) is 31.4 Å². The van der Waals surface area contributed by atoms with Crippen LogP contribution in [-0.4, -0.2) is 54.7 Å². The van der Waals surface area contributed by atoms with Crippen molar-refractivity contribution in [3.8, 4) is 5.75 Å². The van der Waals surface area contributed by atoms with Crippen molar-refractivity contribution in [1.29, 1.82) is 0 Å². The van der Waals surface area contributed by atoms with Crippen LogP contribution in [0.4, 0.5) is 0 Å². The van der Waals surface area contributed by atoms with Crippen LogP contribution < -0.4 is 0 Å². The number of hydrogen-bond donors (Lipinski definition) is 1. The number of amides is 1. The van der Waals surface area contributed by atoms with Crippen LogP contribution in [0.25, 0.3) is 0 Å². The van der Waals surface area contributed by atoms with Crippen molar-refractivity contribution in [2.24, 2.45) is 5.92 Å². The Morgan fingerprint density at radius 2 is 1.78 bits per heavy atom. The van der Waals surface area contributed by atoms with Crippen LogP contribution in [0, 0.1) is 5.92 Å². The van der Waals surface area contributed by atoms with E-state index in [9.17, 15) is 14.4 Å². The number of piperidine rings is 1. The molecule has 0 aromatic heterocycles. The van der Waals surface area contributed by atoms with Crippen molar-refractivity contribution < 1.29 is 29.0 Å². The Bertz CT molecular complexity index is 575. The van der Waals surface area contributed by atoms with Crippen LogP contribution >= 0.6 is 0 Å². The topological polar surface area (TPSA) is 93.1 Å². The van der Waals surface area contributed by atoms with Crippen LogP contribution in [0.1, 0.15) is 23.2 Å². The van der Waals surface area contributed by atoms with E-state index in [1.54, 1.807) is 4.90 Å². The molecule has 23 heavy (non-hydrogen) atoms. The van der Waals surface area contributed by atoms with Crippen molar-refractivity contribution >= 4 is 17.8 Å². The highest BCUT2D eigenvalue weighted by Crippen LogP contribution is 2.18. The SMILES string of the molecule is COC(=O)C1CCN(C(=O)COC(=O)c2ccc(O)cc2)CC1. The summed E-state index contributed by atoms with van der Waals surface area (Å²) >= 11 is 0. The highest BCUT2D eigenvalue weighted by Gasteiger charge is 2.28. The molecule has 1 N–H and O–H groups in total. The lowest BCUT2D eigenvalue weighted by molar-refractivity contribution is -0.149. The van der Waals surface area contributed by atoms with Gasteiger partial charge in [0.2, 0.25) is 0 Å². The van der Waals surface area contributed by atoms with Crippen molar-refractivity contribution in [3.63, 3.8) is 0 Å². The molecule has 7 heteroatoms. The van der Waals surface area contributed by atoms with Gasteiger partial charge in [-0.2, -0.15) is 0 Å². The van der Waals surface area contributed by atoms with Gasteiger partial charge in [0.15, 0.2) is 6.61 Å². The number of nitrogens with zero attached hydrogens (tertiary/aromatic N) is 1. The first kappa shape index (κ1) is 16.8. The van der Waals surface area contributed by atoms with Crippen molar-refractivity contribution in [3.05, 3.63) is 29.8 Å². The molecule has 0 radical (unpaired) electrons. The van der Waals surface area contributed by atoms with E-state index in [1.807, 2.05) is 0 Å². The first-order valence-corrected chi connectivity index (χ1v) is 7.33. The number of phenols is 1. The smallest absolute Gasteiger partial charge is 0.338 e. The van der Waals surface area contributed by atoms with Crippen molar-refractivity contribution in [1.82, 2.24) is 4.90 Å². The standard InChI is InChI=1S/C16H19NO6/c1-22-15(20)12-6-8-17(9-7-12)14(19)10-23-16(21)11-2-4-13(18)5-3-11/h2-5,12,18H,6-10H2,1H3. The van der Waals surface area contributed by atoms with Crippen LogP contribution in [0.15, 0.2) is 24.3 Å². The monoisotopic (exact) mass is 321 g/mol. The van der Waals surface area contributed by atoms with Gasteiger partial charge in [0, 0.05) is 13.1 Å². The second-order valence-corrected chi connectivity index (χ2v) is 5.30. The number of carbonyl (C=O) groups is 3. The van der Waals surface area contributed by atoms with E-state index in [4.69, 9.17) is 14.6 Å². The molecule has 1 aliphatic heterocycles. The molecule has 0 spiro atoms. The highest BCUT2D eigenvalue weighted by atomic mass is 16.5. The molecule has 0 aliphatic carbocycles. The minimum atomic E-state index is -0.622. The minimum Gasteiger partial charge on any atom is -0.508 e. The summed E-state index contributed by atoms with van der Waals surface area (Å²) in [5.74, 6) is -1.30. The summed E-state index contributed by atoms with van der Waals surface area (Å²) in [4.78, 5) is 36.8.